The maximum absolute atomic E-state index is 11.8. The summed E-state index contributed by atoms with van der Waals surface area (Å²) >= 11 is 0. The predicted molar refractivity (Wildman–Crippen MR) is 81.1 cm³/mol. The summed E-state index contributed by atoms with van der Waals surface area (Å²) in [7, 11) is 0. The van der Waals surface area contributed by atoms with Crippen LogP contribution in [0.4, 0.5) is 5.69 Å². The van der Waals surface area contributed by atoms with Crippen LogP contribution in [0.5, 0.6) is 0 Å². The first-order valence-electron chi connectivity index (χ1n) is 7.41. The molecule has 5 heteroatoms. The molecule has 1 aromatic carbocycles. The monoisotopic (exact) mass is 285 g/mol. The fourth-order valence-corrected chi connectivity index (χ4v) is 2.86. The Morgan fingerprint density at radius 3 is 2.86 bits per heavy atom. The van der Waals surface area contributed by atoms with Crippen LogP contribution in [0.1, 0.15) is 19.8 Å². The largest absolute Gasteiger partial charge is 0.466 e. The lowest BCUT2D eigenvalue weighted by Crippen LogP contribution is -2.37. The number of hydrogen-bond donors (Lipinski definition) is 0. The molecule has 21 heavy (non-hydrogen) atoms. The Morgan fingerprint density at radius 1 is 1.33 bits per heavy atom. The molecule has 1 aliphatic rings. The van der Waals surface area contributed by atoms with Gasteiger partial charge in [0.15, 0.2) is 0 Å². The number of aromatic nitrogens is 2. The molecule has 1 aliphatic heterocycles. The van der Waals surface area contributed by atoms with E-state index in [1.165, 1.54) is 0 Å². The number of carbonyl (C=O) groups is 1. The Hall–Kier alpha value is -2.17. The van der Waals surface area contributed by atoms with E-state index < -0.39 is 0 Å². The maximum Gasteiger partial charge on any atom is 0.309 e. The highest BCUT2D eigenvalue weighted by Crippen LogP contribution is 2.28. The standard InChI is InChI=1S/C16H19N3O2/c1-2-21-16(20)12-7-9-19(10-8-12)15-11-17-18-14-6-4-3-5-13(14)15/h3-6,11-12H,2,7-10H2,1H3. The van der Waals surface area contributed by atoms with E-state index in [-0.39, 0.29) is 11.9 Å². The quantitative estimate of drug-likeness (QED) is 0.811. The second-order valence-electron chi connectivity index (χ2n) is 5.26. The van der Waals surface area contributed by atoms with Crippen LogP contribution in [0.3, 0.4) is 0 Å². The Balaban J connectivity index is 1.76. The Kier molecular flexibility index (Phi) is 3.99. The SMILES string of the molecule is CCOC(=O)C1CCN(c2cnnc3ccccc23)CC1. The molecule has 2 aromatic rings. The lowest BCUT2D eigenvalue weighted by molar-refractivity contribution is -0.148. The first-order chi connectivity index (χ1) is 10.3. The van der Waals surface area contributed by atoms with Gasteiger partial charge in [-0.15, -0.1) is 0 Å². The zero-order valence-electron chi connectivity index (χ0n) is 12.2. The van der Waals surface area contributed by atoms with E-state index in [2.05, 4.69) is 21.2 Å². The Labute approximate surface area is 123 Å². The summed E-state index contributed by atoms with van der Waals surface area (Å²) < 4.78 is 5.11. The number of rotatable bonds is 3. The van der Waals surface area contributed by atoms with Crippen LogP contribution >= 0.6 is 0 Å². The number of piperidine rings is 1. The maximum atomic E-state index is 11.8. The van der Waals surface area contributed by atoms with Crippen molar-refractivity contribution in [3.05, 3.63) is 30.5 Å². The van der Waals surface area contributed by atoms with Crippen molar-refractivity contribution in [3.63, 3.8) is 0 Å². The Morgan fingerprint density at radius 2 is 2.10 bits per heavy atom. The fraction of sp³-hybridized carbons (Fsp3) is 0.438. The summed E-state index contributed by atoms with van der Waals surface area (Å²) in [5.74, 6) is -0.0304. The van der Waals surface area contributed by atoms with Crippen LogP contribution in [-0.2, 0) is 9.53 Å². The van der Waals surface area contributed by atoms with Gasteiger partial charge >= 0.3 is 5.97 Å². The number of nitrogens with zero attached hydrogens (tertiary/aromatic N) is 3. The van der Waals surface area contributed by atoms with Gasteiger partial charge in [0.2, 0.25) is 0 Å². The van der Waals surface area contributed by atoms with Crippen molar-refractivity contribution >= 4 is 22.6 Å². The van der Waals surface area contributed by atoms with Crippen molar-refractivity contribution in [1.82, 2.24) is 10.2 Å². The highest BCUT2D eigenvalue weighted by Gasteiger charge is 2.26. The van der Waals surface area contributed by atoms with Gasteiger partial charge in [0.1, 0.15) is 0 Å². The molecule has 5 nitrogen and oxygen atoms in total. The molecular formula is C16H19N3O2. The van der Waals surface area contributed by atoms with E-state index in [1.54, 1.807) is 0 Å². The van der Waals surface area contributed by atoms with Gasteiger partial charge in [-0.05, 0) is 25.8 Å². The second kappa shape index (κ2) is 6.08. The summed E-state index contributed by atoms with van der Waals surface area (Å²) in [4.78, 5) is 14.1. The molecule has 0 spiro atoms. The van der Waals surface area contributed by atoms with Crippen LogP contribution in [0.25, 0.3) is 10.9 Å². The molecule has 1 saturated heterocycles. The number of hydrogen-bond acceptors (Lipinski definition) is 5. The summed E-state index contributed by atoms with van der Waals surface area (Å²) in [6.07, 6.45) is 3.47. The molecule has 0 aliphatic carbocycles. The molecular weight excluding hydrogens is 266 g/mol. The van der Waals surface area contributed by atoms with E-state index >= 15 is 0 Å². The van der Waals surface area contributed by atoms with Crippen molar-refractivity contribution < 1.29 is 9.53 Å². The van der Waals surface area contributed by atoms with Crippen LogP contribution in [0.15, 0.2) is 30.5 Å². The van der Waals surface area contributed by atoms with Crippen molar-refractivity contribution in [3.8, 4) is 0 Å². The Bertz CT molecular complexity index is 631. The zero-order valence-corrected chi connectivity index (χ0v) is 12.2. The van der Waals surface area contributed by atoms with Crippen LogP contribution in [0, 0.1) is 5.92 Å². The van der Waals surface area contributed by atoms with Gasteiger partial charge in [0, 0.05) is 18.5 Å². The number of anilines is 1. The molecule has 0 amide bonds. The molecule has 1 fully saturated rings. The van der Waals surface area contributed by atoms with Gasteiger partial charge in [-0.1, -0.05) is 18.2 Å². The first-order valence-corrected chi connectivity index (χ1v) is 7.41. The van der Waals surface area contributed by atoms with Crippen LogP contribution in [-0.4, -0.2) is 35.9 Å². The third-order valence-electron chi connectivity index (χ3n) is 3.98. The third-order valence-corrected chi connectivity index (χ3v) is 3.98. The number of fused-ring (bicyclic) bond motifs is 1. The second-order valence-corrected chi connectivity index (χ2v) is 5.26. The third kappa shape index (κ3) is 2.82. The van der Waals surface area contributed by atoms with Crippen molar-refractivity contribution in [2.24, 2.45) is 5.92 Å². The molecule has 3 rings (SSSR count). The fourth-order valence-electron chi connectivity index (χ4n) is 2.86. The average Bonchev–Trinajstić information content (AvgIpc) is 2.55. The topological polar surface area (TPSA) is 55.3 Å². The summed E-state index contributed by atoms with van der Waals surface area (Å²) in [6, 6.07) is 8.01. The average molecular weight is 285 g/mol. The minimum Gasteiger partial charge on any atom is -0.466 e. The number of carbonyl (C=O) groups excluding carboxylic acids is 1. The van der Waals surface area contributed by atoms with Gasteiger partial charge in [-0.3, -0.25) is 4.79 Å². The lowest BCUT2D eigenvalue weighted by atomic mass is 9.96. The molecule has 2 heterocycles. The molecule has 110 valence electrons. The van der Waals surface area contributed by atoms with Crippen molar-refractivity contribution in [1.29, 1.82) is 0 Å². The molecule has 0 unspecified atom stereocenters. The highest BCUT2D eigenvalue weighted by molar-refractivity contribution is 5.90. The smallest absolute Gasteiger partial charge is 0.309 e. The molecule has 0 N–H and O–H groups in total. The highest BCUT2D eigenvalue weighted by atomic mass is 16.5. The molecule has 0 atom stereocenters. The van der Waals surface area contributed by atoms with Crippen molar-refractivity contribution in [2.45, 2.75) is 19.8 Å². The minimum absolute atomic E-state index is 0.0299. The van der Waals surface area contributed by atoms with Crippen LogP contribution in [0.2, 0.25) is 0 Å². The number of benzene rings is 1. The normalized spacial score (nSPS) is 16.1. The summed E-state index contributed by atoms with van der Waals surface area (Å²) in [5.41, 5.74) is 2.01. The van der Waals surface area contributed by atoms with Crippen LogP contribution < -0.4 is 4.90 Å². The zero-order chi connectivity index (χ0) is 14.7. The first kappa shape index (κ1) is 13.8. The molecule has 0 saturated carbocycles. The van der Waals surface area contributed by atoms with E-state index in [0.29, 0.717) is 6.61 Å². The van der Waals surface area contributed by atoms with Gasteiger partial charge in [0.25, 0.3) is 0 Å². The lowest BCUT2D eigenvalue weighted by Gasteiger charge is -2.32. The minimum atomic E-state index is -0.0603. The number of ether oxygens (including phenoxy) is 1. The molecule has 0 bridgehead atoms. The van der Waals surface area contributed by atoms with Gasteiger partial charge in [-0.25, -0.2) is 0 Å². The number of esters is 1. The summed E-state index contributed by atoms with van der Waals surface area (Å²) in [6.45, 7) is 4.00. The van der Waals surface area contributed by atoms with Crippen molar-refractivity contribution in [2.75, 3.05) is 24.6 Å². The summed E-state index contributed by atoms with van der Waals surface area (Å²) in [5, 5.41) is 9.35. The van der Waals surface area contributed by atoms with Gasteiger partial charge < -0.3 is 9.64 Å². The molecule has 1 aromatic heterocycles. The van der Waals surface area contributed by atoms with E-state index in [4.69, 9.17) is 4.74 Å². The van der Waals surface area contributed by atoms with E-state index in [1.807, 2.05) is 31.3 Å². The van der Waals surface area contributed by atoms with Gasteiger partial charge in [0.05, 0.1) is 29.9 Å². The van der Waals surface area contributed by atoms with E-state index in [9.17, 15) is 4.79 Å². The van der Waals surface area contributed by atoms with E-state index in [0.717, 1.165) is 42.5 Å². The predicted octanol–water partition coefficient (Wildman–Crippen LogP) is 2.41. The molecule has 0 radical (unpaired) electrons. The van der Waals surface area contributed by atoms with Gasteiger partial charge in [-0.2, -0.15) is 10.2 Å².